The highest BCUT2D eigenvalue weighted by molar-refractivity contribution is 8.00. The maximum atomic E-state index is 11.4. The first-order chi connectivity index (χ1) is 11.0. The molecule has 0 aromatic heterocycles. The largest absolute Gasteiger partial charge is 0.427 e. The summed E-state index contributed by atoms with van der Waals surface area (Å²) in [6.45, 7) is 1.65. The van der Waals surface area contributed by atoms with Crippen LogP contribution in [0.3, 0.4) is 0 Å². The Morgan fingerprint density at radius 3 is 2.39 bits per heavy atom. The number of amides is 1. The second kappa shape index (κ2) is 7.11. The van der Waals surface area contributed by atoms with Gasteiger partial charge in [-0.15, -0.1) is 0 Å². The van der Waals surface area contributed by atoms with Gasteiger partial charge in [-0.2, -0.15) is 0 Å². The third-order valence-corrected chi connectivity index (χ3v) is 4.38. The van der Waals surface area contributed by atoms with E-state index in [1.165, 1.54) is 17.8 Å². The second-order valence-corrected chi connectivity index (χ2v) is 6.32. The quantitative estimate of drug-likeness (QED) is 0.499. The highest BCUT2D eigenvalue weighted by atomic mass is 32.2. The Hall–Kier alpha value is -2.60. The monoisotopic (exact) mass is 329 g/mol. The SMILES string of the molecule is CC(OC(N)=O)(Sc1ccccc1)c1ccc(C=O)cc1C=O. The summed E-state index contributed by atoms with van der Waals surface area (Å²) in [6, 6.07) is 13.9. The van der Waals surface area contributed by atoms with Gasteiger partial charge in [0, 0.05) is 21.6 Å². The van der Waals surface area contributed by atoms with Gasteiger partial charge in [-0.1, -0.05) is 42.1 Å². The Morgan fingerprint density at radius 2 is 1.83 bits per heavy atom. The van der Waals surface area contributed by atoms with Gasteiger partial charge in [-0.3, -0.25) is 9.59 Å². The molecule has 0 saturated heterocycles. The van der Waals surface area contributed by atoms with Crippen LogP contribution in [0.5, 0.6) is 0 Å². The van der Waals surface area contributed by atoms with Crippen molar-refractivity contribution in [2.24, 2.45) is 5.73 Å². The van der Waals surface area contributed by atoms with E-state index in [9.17, 15) is 14.4 Å². The normalized spacial score (nSPS) is 12.9. The third-order valence-electron chi connectivity index (χ3n) is 3.18. The third kappa shape index (κ3) is 3.98. The van der Waals surface area contributed by atoms with Crippen LogP contribution in [0.1, 0.15) is 33.2 Å². The van der Waals surface area contributed by atoms with Crippen LogP contribution in [0.25, 0.3) is 0 Å². The standard InChI is InChI=1S/C17H15NO4S/c1-17(22-16(18)21,23-14-5-3-2-4-6-14)15-8-7-12(10-19)9-13(15)11-20/h2-11H,1H3,(H2,18,21). The molecule has 0 aliphatic heterocycles. The number of thioether (sulfide) groups is 1. The number of hydrogen-bond acceptors (Lipinski definition) is 5. The molecule has 2 aromatic rings. The molecule has 0 spiro atoms. The molecule has 2 aromatic carbocycles. The average molecular weight is 329 g/mol. The molecule has 0 heterocycles. The van der Waals surface area contributed by atoms with Crippen LogP contribution in [0, 0.1) is 0 Å². The molecule has 2 rings (SSSR count). The van der Waals surface area contributed by atoms with Crippen molar-refractivity contribution in [2.75, 3.05) is 0 Å². The number of benzene rings is 2. The molecule has 0 aliphatic rings. The van der Waals surface area contributed by atoms with Gasteiger partial charge < -0.3 is 10.5 Å². The Balaban J connectivity index is 2.51. The summed E-state index contributed by atoms with van der Waals surface area (Å²) in [6.07, 6.45) is 0.316. The summed E-state index contributed by atoms with van der Waals surface area (Å²) in [4.78, 5) is 33.2. The number of aldehydes is 2. The molecule has 0 bridgehead atoms. The van der Waals surface area contributed by atoms with E-state index in [-0.39, 0.29) is 5.56 Å². The smallest absolute Gasteiger partial charge is 0.406 e. The first kappa shape index (κ1) is 16.8. The number of primary amides is 1. The van der Waals surface area contributed by atoms with Gasteiger partial charge in [-0.25, -0.2) is 4.79 Å². The summed E-state index contributed by atoms with van der Waals surface area (Å²) in [5.41, 5.74) is 6.29. The molecular weight excluding hydrogens is 314 g/mol. The number of hydrogen-bond donors (Lipinski definition) is 1. The van der Waals surface area contributed by atoms with Crippen LogP contribution in [0.15, 0.2) is 53.4 Å². The molecule has 23 heavy (non-hydrogen) atoms. The van der Waals surface area contributed by atoms with Crippen molar-refractivity contribution in [2.45, 2.75) is 16.8 Å². The summed E-state index contributed by atoms with van der Waals surface area (Å²) in [7, 11) is 0. The average Bonchev–Trinajstić information content (AvgIpc) is 2.54. The topological polar surface area (TPSA) is 86.5 Å². The van der Waals surface area contributed by atoms with E-state index in [1.54, 1.807) is 19.1 Å². The van der Waals surface area contributed by atoms with Crippen molar-refractivity contribution < 1.29 is 19.1 Å². The number of nitrogens with two attached hydrogens (primary N) is 1. The van der Waals surface area contributed by atoms with Crippen LogP contribution >= 0.6 is 11.8 Å². The minimum absolute atomic E-state index is 0.266. The molecule has 1 amide bonds. The van der Waals surface area contributed by atoms with Gasteiger partial charge in [0.25, 0.3) is 0 Å². The lowest BCUT2D eigenvalue weighted by Crippen LogP contribution is -2.30. The fraction of sp³-hybridized carbons (Fsp3) is 0.118. The predicted octanol–water partition coefficient (Wildman–Crippen LogP) is 3.37. The minimum Gasteiger partial charge on any atom is -0.427 e. The molecular formula is C17H15NO4S. The zero-order valence-electron chi connectivity index (χ0n) is 12.4. The van der Waals surface area contributed by atoms with Gasteiger partial charge in [0.2, 0.25) is 0 Å². The van der Waals surface area contributed by atoms with E-state index in [0.29, 0.717) is 23.7 Å². The van der Waals surface area contributed by atoms with E-state index in [1.807, 2.05) is 30.3 Å². The van der Waals surface area contributed by atoms with E-state index in [0.717, 1.165) is 4.90 Å². The van der Waals surface area contributed by atoms with Crippen LogP contribution in [0.2, 0.25) is 0 Å². The lowest BCUT2D eigenvalue weighted by molar-refractivity contribution is 0.0927. The van der Waals surface area contributed by atoms with Gasteiger partial charge >= 0.3 is 6.09 Å². The number of ether oxygens (including phenoxy) is 1. The lowest BCUT2D eigenvalue weighted by atomic mass is 10.0. The van der Waals surface area contributed by atoms with Crippen molar-refractivity contribution in [1.82, 2.24) is 0 Å². The van der Waals surface area contributed by atoms with Gasteiger partial charge in [0.05, 0.1) is 0 Å². The molecule has 6 heteroatoms. The van der Waals surface area contributed by atoms with Crippen molar-refractivity contribution in [3.05, 3.63) is 65.2 Å². The molecule has 0 fully saturated rings. The molecule has 5 nitrogen and oxygen atoms in total. The molecule has 1 atom stereocenters. The molecule has 0 aliphatic carbocycles. The van der Waals surface area contributed by atoms with Gasteiger partial charge in [0.15, 0.2) is 11.2 Å². The Morgan fingerprint density at radius 1 is 1.13 bits per heavy atom. The maximum Gasteiger partial charge on any atom is 0.406 e. The second-order valence-electron chi connectivity index (χ2n) is 4.86. The van der Waals surface area contributed by atoms with Crippen LogP contribution in [-0.2, 0) is 9.67 Å². The van der Waals surface area contributed by atoms with Crippen LogP contribution in [-0.4, -0.2) is 18.7 Å². The summed E-state index contributed by atoms with van der Waals surface area (Å²) in [5, 5.41) is 0. The van der Waals surface area contributed by atoms with E-state index >= 15 is 0 Å². The summed E-state index contributed by atoms with van der Waals surface area (Å²) in [5.74, 6) is 0. The molecule has 2 N–H and O–H groups in total. The Bertz CT molecular complexity index is 733. The molecule has 1 unspecified atom stereocenters. The minimum atomic E-state index is -1.20. The van der Waals surface area contributed by atoms with Crippen molar-refractivity contribution in [3.8, 4) is 0 Å². The zero-order chi connectivity index (χ0) is 16.9. The summed E-state index contributed by atoms with van der Waals surface area (Å²) >= 11 is 1.25. The summed E-state index contributed by atoms with van der Waals surface area (Å²) < 4.78 is 5.30. The zero-order valence-corrected chi connectivity index (χ0v) is 13.2. The fourth-order valence-corrected chi connectivity index (χ4v) is 3.36. The van der Waals surface area contributed by atoms with Gasteiger partial charge in [0.1, 0.15) is 6.29 Å². The first-order valence-corrected chi connectivity index (χ1v) is 7.57. The van der Waals surface area contributed by atoms with Crippen molar-refractivity contribution in [1.29, 1.82) is 0 Å². The molecule has 118 valence electrons. The molecule has 0 saturated carbocycles. The Labute approximate surface area is 137 Å². The van der Waals surface area contributed by atoms with Crippen LogP contribution in [0.4, 0.5) is 4.79 Å². The van der Waals surface area contributed by atoms with Crippen molar-refractivity contribution >= 4 is 30.4 Å². The highest BCUT2D eigenvalue weighted by Crippen LogP contribution is 2.43. The van der Waals surface area contributed by atoms with Crippen LogP contribution < -0.4 is 5.73 Å². The number of rotatable bonds is 6. The van der Waals surface area contributed by atoms with E-state index in [2.05, 4.69) is 0 Å². The first-order valence-electron chi connectivity index (χ1n) is 6.76. The lowest BCUT2D eigenvalue weighted by Gasteiger charge is -2.29. The van der Waals surface area contributed by atoms with Crippen molar-refractivity contribution in [3.63, 3.8) is 0 Å². The molecule has 0 radical (unpaired) electrons. The Kier molecular flexibility index (Phi) is 5.18. The maximum absolute atomic E-state index is 11.4. The van der Waals surface area contributed by atoms with E-state index < -0.39 is 11.0 Å². The highest BCUT2D eigenvalue weighted by Gasteiger charge is 2.34. The van der Waals surface area contributed by atoms with E-state index in [4.69, 9.17) is 10.5 Å². The number of carbonyl (C=O) groups excluding carboxylic acids is 3. The fourth-order valence-electron chi connectivity index (χ4n) is 2.20. The number of carbonyl (C=O) groups is 3. The predicted molar refractivity (Wildman–Crippen MR) is 87.5 cm³/mol. The van der Waals surface area contributed by atoms with Gasteiger partial charge in [-0.05, 0) is 25.1 Å².